The third kappa shape index (κ3) is 3.26. The van der Waals surface area contributed by atoms with Gasteiger partial charge in [0, 0.05) is 0 Å². The topological polar surface area (TPSA) is 68.3 Å². The summed E-state index contributed by atoms with van der Waals surface area (Å²) >= 11 is 1.84. The second-order valence-corrected chi connectivity index (χ2v) is 5.43. The number of rotatable bonds is 5. The minimum absolute atomic E-state index is 0.282. The number of thioether (sulfide) groups is 1. The highest BCUT2D eigenvalue weighted by Gasteiger charge is 2.17. The number of hydrazine groups is 1. The highest BCUT2D eigenvalue weighted by atomic mass is 32.2. The van der Waals surface area contributed by atoms with E-state index >= 15 is 0 Å². The van der Waals surface area contributed by atoms with E-state index in [-0.39, 0.29) is 5.91 Å². The molecule has 17 heavy (non-hydrogen) atoms. The van der Waals surface area contributed by atoms with Crippen LogP contribution in [0.3, 0.4) is 0 Å². The standard InChI is InChI=1S/C12H18N2O2S/c13-14-12(15)10-5-6-16-11(10)8-17-7-9-3-1-2-4-9/h5-6,9H,1-4,7-8,13H2,(H,14,15). The van der Waals surface area contributed by atoms with Gasteiger partial charge in [0.2, 0.25) is 0 Å². The quantitative estimate of drug-likeness (QED) is 0.480. The van der Waals surface area contributed by atoms with E-state index in [1.54, 1.807) is 6.07 Å². The Bertz CT molecular complexity index is 372. The van der Waals surface area contributed by atoms with Gasteiger partial charge in [-0.1, -0.05) is 12.8 Å². The smallest absolute Gasteiger partial charge is 0.268 e. The number of hydrogen-bond acceptors (Lipinski definition) is 4. The number of amides is 1. The van der Waals surface area contributed by atoms with Crippen molar-refractivity contribution in [2.24, 2.45) is 11.8 Å². The Morgan fingerprint density at radius 1 is 1.53 bits per heavy atom. The number of carbonyl (C=O) groups is 1. The molecule has 2 rings (SSSR count). The van der Waals surface area contributed by atoms with Crippen LogP contribution in [0.25, 0.3) is 0 Å². The van der Waals surface area contributed by atoms with Crippen LogP contribution >= 0.6 is 11.8 Å². The van der Waals surface area contributed by atoms with Gasteiger partial charge in [-0.25, -0.2) is 5.84 Å². The fourth-order valence-corrected chi connectivity index (χ4v) is 3.42. The molecule has 0 saturated heterocycles. The lowest BCUT2D eigenvalue weighted by molar-refractivity contribution is 0.0952. The maximum atomic E-state index is 11.4. The summed E-state index contributed by atoms with van der Waals surface area (Å²) in [6.45, 7) is 0. The number of carbonyl (C=O) groups excluding carboxylic acids is 1. The van der Waals surface area contributed by atoms with Crippen LogP contribution in [0.4, 0.5) is 0 Å². The average molecular weight is 254 g/mol. The molecule has 3 N–H and O–H groups in total. The summed E-state index contributed by atoms with van der Waals surface area (Å²) in [6, 6.07) is 1.66. The van der Waals surface area contributed by atoms with E-state index < -0.39 is 0 Å². The van der Waals surface area contributed by atoms with Gasteiger partial charge in [-0.05, 0) is 30.6 Å². The molecule has 1 saturated carbocycles. The molecule has 0 aromatic carbocycles. The Hall–Kier alpha value is -0.940. The number of hydrogen-bond donors (Lipinski definition) is 2. The van der Waals surface area contributed by atoms with Crippen LogP contribution < -0.4 is 11.3 Å². The Kier molecular flexibility index (Phi) is 4.50. The zero-order valence-corrected chi connectivity index (χ0v) is 10.6. The van der Waals surface area contributed by atoms with Crippen LogP contribution in [0, 0.1) is 5.92 Å². The molecule has 94 valence electrons. The number of nitrogens with two attached hydrogens (primary N) is 1. The van der Waals surface area contributed by atoms with Crippen molar-refractivity contribution in [3.05, 3.63) is 23.7 Å². The maximum Gasteiger partial charge on any atom is 0.268 e. The van der Waals surface area contributed by atoms with Gasteiger partial charge in [0.05, 0.1) is 17.6 Å². The van der Waals surface area contributed by atoms with E-state index in [2.05, 4.69) is 5.43 Å². The van der Waals surface area contributed by atoms with E-state index in [9.17, 15) is 4.79 Å². The average Bonchev–Trinajstić information content (AvgIpc) is 2.99. The molecule has 0 spiro atoms. The first-order valence-electron chi connectivity index (χ1n) is 5.96. The SMILES string of the molecule is NNC(=O)c1ccoc1CSCC1CCCC1. The zero-order chi connectivity index (χ0) is 12.1. The predicted octanol–water partition coefficient (Wildman–Crippen LogP) is 2.31. The molecule has 1 amide bonds. The molecular weight excluding hydrogens is 236 g/mol. The van der Waals surface area contributed by atoms with Gasteiger partial charge < -0.3 is 4.42 Å². The second-order valence-electron chi connectivity index (χ2n) is 4.40. The second kappa shape index (κ2) is 6.12. The first-order chi connectivity index (χ1) is 8.31. The van der Waals surface area contributed by atoms with Crippen LogP contribution in [0.5, 0.6) is 0 Å². The van der Waals surface area contributed by atoms with Crippen molar-refractivity contribution in [3.8, 4) is 0 Å². The molecule has 0 radical (unpaired) electrons. The lowest BCUT2D eigenvalue weighted by Crippen LogP contribution is -2.30. The summed E-state index contributed by atoms with van der Waals surface area (Å²) in [5.74, 6) is 8.30. The molecule has 5 heteroatoms. The van der Waals surface area contributed by atoms with E-state index in [1.807, 2.05) is 11.8 Å². The summed E-state index contributed by atoms with van der Waals surface area (Å²) in [7, 11) is 0. The monoisotopic (exact) mass is 254 g/mol. The van der Waals surface area contributed by atoms with E-state index in [0.29, 0.717) is 5.56 Å². The van der Waals surface area contributed by atoms with Crippen LogP contribution in [0.1, 0.15) is 41.8 Å². The van der Waals surface area contributed by atoms with Gasteiger partial charge in [-0.15, -0.1) is 0 Å². The largest absolute Gasteiger partial charge is 0.468 e. The Labute approximate surface area is 105 Å². The van der Waals surface area contributed by atoms with Gasteiger partial charge in [-0.2, -0.15) is 11.8 Å². The van der Waals surface area contributed by atoms with E-state index in [4.69, 9.17) is 10.3 Å². The summed E-state index contributed by atoms with van der Waals surface area (Å²) in [5.41, 5.74) is 2.68. The third-order valence-electron chi connectivity index (χ3n) is 3.18. The van der Waals surface area contributed by atoms with Crippen LogP contribution in [-0.2, 0) is 5.75 Å². The Balaban J connectivity index is 1.82. The lowest BCUT2D eigenvalue weighted by atomic mass is 10.1. The molecule has 1 aromatic heterocycles. The van der Waals surface area contributed by atoms with Crippen molar-refractivity contribution >= 4 is 17.7 Å². The third-order valence-corrected chi connectivity index (χ3v) is 4.36. The van der Waals surface area contributed by atoms with Gasteiger partial charge in [0.1, 0.15) is 5.76 Å². The van der Waals surface area contributed by atoms with Gasteiger partial charge >= 0.3 is 0 Å². The molecule has 4 nitrogen and oxygen atoms in total. The van der Waals surface area contributed by atoms with E-state index in [1.165, 1.54) is 31.9 Å². The van der Waals surface area contributed by atoms with Gasteiger partial charge in [0.25, 0.3) is 5.91 Å². The number of nitrogen functional groups attached to an aromatic ring is 1. The van der Waals surface area contributed by atoms with Crippen molar-refractivity contribution in [2.75, 3.05) is 5.75 Å². The summed E-state index contributed by atoms with van der Waals surface area (Å²) in [4.78, 5) is 11.4. The Morgan fingerprint density at radius 3 is 3.00 bits per heavy atom. The molecular formula is C12H18N2O2S. The first-order valence-corrected chi connectivity index (χ1v) is 7.11. The van der Waals surface area contributed by atoms with Crippen molar-refractivity contribution in [1.82, 2.24) is 5.43 Å². The van der Waals surface area contributed by atoms with Gasteiger partial charge in [-0.3, -0.25) is 10.2 Å². The first kappa shape index (κ1) is 12.5. The molecule has 0 atom stereocenters. The fourth-order valence-electron chi connectivity index (χ4n) is 2.23. The fraction of sp³-hybridized carbons (Fsp3) is 0.583. The molecule has 0 aliphatic heterocycles. The molecule has 1 heterocycles. The number of furan rings is 1. The highest BCUT2D eigenvalue weighted by molar-refractivity contribution is 7.98. The van der Waals surface area contributed by atoms with Crippen LogP contribution in [0.2, 0.25) is 0 Å². The summed E-state index contributed by atoms with van der Waals surface area (Å²) in [5, 5.41) is 0. The molecule has 1 aliphatic carbocycles. The molecule has 1 aromatic rings. The summed E-state index contributed by atoms with van der Waals surface area (Å²) in [6.07, 6.45) is 6.97. The number of nitrogens with one attached hydrogen (secondary N) is 1. The molecule has 1 fully saturated rings. The maximum absolute atomic E-state index is 11.4. The molecule has 1 aliphatic rings. The minimum atomic E-state index is -0.282. The van der Waals surface area contributed by atoms with Gasteiger partial charge in [0.15, 0.2) is 0 Å². The van der Waals surface area contributed by atoms with Crippen LogP contribution in [0.15, 0.2) is 16.7 Å². The summed E-state index contributed by atoms with van der Waals surface area (Å²) < 4.78 is 5.32. The van der Waals surface area contributed by atoms with Crippen LogP contribution in [-0.4, -0.2) is 11.7 Å². The van der Waals surface area contributed by atoms with Crippen molar-refractivity contribution in [3.63, 3.8) is 0 Å². The van der Waals surface area contributed by atoms with Crippen molar-refractivity contribution < 1.29 is 9.21 Å². The zero-order valence-electron chi connectivity index (χ0n) is 9.78. The predicted molar refractivity (Wildman–Crippen MR) is 68.5 cm³/mol. The van der Waals surface area contributed by atoms with Crippen molar-refractivity contribution in [2.45, 2.75) is 31.4 Å². The minimum Gasteiger partial charge on any atom is -0.468 e. The molecule has 0 unspecified atom stereocenters. The molecule has 0 bridgehead atoms. The normalized spacial score (nSPS) is 16.3. The lowest BCUT2D eigenvalue weighted by Gasteiger charge is -2.07. The highest BCUT2D eigenvalue weighted by Crippen LogP contribution is 2.29. The van der Waals surface area contributed by atoms with E-state index in [0.717, 1.165) is 23.2 Å². The Morgan fingerprint density at radius 2 is 2.29 bits per heavy atom. The van der Waals surface area contributed by atoms with Crippen molar-refractivity contribution in [1.29, 1.82) is 0 Å².